The molecule has 0 aliphatic rings. The highest BCUT2D eigenvalue weighted by molar-refractivity contribution is 7.99. The summed E-state index contributed by atoms with van der Waals surface area (Å²) in [7, 11) is 0.689. The van der Waals surface area contributed by atoms with Crippen LogP contribution >= 0.6 is 11.8 Å². The molecule has 0 radical (unpaired) electrons. The maximum atomic E-state index is 12.3. The summed E-state index contributed by atoms with van der Waals surface area (Å²) in [6, 6.07) is 8.85. The average molecular weight is 495 g/mol. The molecule has 0 spiro atoms. The Morgan fingerprint density at radius 3 is 2.18 bits per heavy atom. The average Bonchev–Trinajstić information content (AvgIpc) is 3.16. The molecule has 14 heteroatoms. The first kappa shape index (κ1) is 24.2. The summed E-state index contributed by atoms with van der Waals surface area (Å²) < 4.78 is 39.9. The number of methoxy groups -OCH3 is 3. The number of nitrogens with two attached hydrogens (primary N) is 2. The molecule has 3 aromatic rings. The minimum atomic E-state index is -3.80. The summed E-state index contributed by atoms with van der Waals surface area (Å²) in [5, 5.41) is 16.2. The van der Waals surface area contributed by atoms with Gasteiger partial charge in [0.15, 0.2) is 17.3 Å². The van der Waals surface area contributed by atoms with Crippen molar-refractivity contribution in [1.29, 1.82) is 0 Å². The Hall–Kier alpha value is -3.49. The molecule has 0 atom stereocenters. The van der Waals surface area contributed by atoms with Gasteiger partial charge in [0, 0.05) is 11.3 Å². The number of nitrogens with one attached hydrogen (secondary N) is 1. The van der Waals surface area contributed by atoms with E-state index in [1.165, 1.54) is 50.3 Å². The van der Waals surface area contributed by atoms with Gasteiger partial charge in [-0.15, -0.1) is 10.2 Å². The topological polar surface area (TPSA) is 174 Å². The summed E-state index contributed by atoms with van der Waals surface area (Å²) in [5.74, 6) is 7.39. The van der Waals surface area contributed by atoms with Gasteiger partial charge in [0.05, 0.1) is 32.0 Å². The van der Waals surface area contributed by atoms with Crippen molar-refractivity contribution < 1.29 is 27.4 Å². The molecule has 3 rings (SSSR count). The van der Waals surface area contributed by atoms with Crippen LogP contribution in [0.4, 0.5) is 5.69 Å². The maximum Gasteiger partial charge on any atom is 0.238 e. The van der Waals surface area contributed by atoms with Gasteiger partial charge in [-0.3, -0.25) is 4.79 Å². The number of amides is 1. The minimum Gasteiger partial charge on any atom is -0.493 e. The monoisotopic (exact) mass is 494 g/mol. The molecule has 0 fully saturated rings. The Bertz CT molecular complexity index is 1240. The number of ether oxygens (including phenoxy) is 3. The molecule has 0 aliphatic carbocycles. The molecular formula is C19H22N6O6S2. The molecule has 0 bridgehead atoms. The van der Waals surface area contributed by atoms with Crippen LogP contribution in [0, 0.1) is 0 Å². The van der Waals surface area contributed by atoms with E-state index >= 15 is 0 Å². The van der Waals surface area contributed by atoms with Crippen molar-refractivity contribution in [3.63, 3.8) is 0 Å². The zero-order chi connectivity index (χ0) is 24.2. The largest absolute Gasteiger partial charge is 0.493 e. The Balaban J connectivity index is 1.71. The van der Waals surface area contributed by atoms with Crippen LogP contribution in [0.3, 0.4) is 0 Å². The zero-order valence-corrected chi connectivity index (χ0v) is 19.6. The van der Waals surface area contributed by atoms with Crippen LogP contribution < -0.4 is 30.5 Å². The lowest BCUT2D eigenvalue weighted by molar-refractivity contribution is -0.113. The highest BCUT2D eigenvalue weighted by Crippen LogP contribution is 2.40. The Morgan fingerprint density at radius 1 is 1.06 bits per heavy atom. The van der Waals surface area contributed by atoms with Crippen LogP contribution in [0.15, 0.2) is 46.5 Å². The van der Waals surface area contributed by atoms with E-state index in [-0.39, 0.29) is 16.6 Å². The summed E-state index contributed by atoms with van der Waals surface area (Å²) in [5.41, 5.74) is 0.992. The van der Waals surface area contributed by atoms with Crippen molar-refractivity contribution in [2.24, 2.45) is 5.14 Å². The Morgan fingerprint density at radius 2 is 1.67 bits per heavy atom. The molecular weight excluding hydrogens is 472 g/mol. The van der Waals surface area contributed by atoms with E-state index in [9.17, 15) is 13.2 Å². The van der Waals surface area contributed by atoms with Gasteiger partial charge in [-0.05, 0) is 36.4 Å². The van der Waals surface area contributed by atoms with E-state index in [4.69, 9.17) is 25.2 Å². The van der Waals surface area contributed by atoms with Crippen molar-refractivity contribution >= 4 is 33.4 Å². The first-order valence-electron chi connectivity index (χ1n) is 9.24. The molecule has 12 nitrogen and oxygen atoms in total. The molecule has 0 aliphatic heterocycles. The minimum absolute atomic E-state index is 0.0124. The van der Waals surface area contributed by atoms with E-state index in [1.54, 1.807) is 12.1 Å². The number of nitrogens with zero attached hydrogens (tertiary/aromatic N) is 3. The number of carbonyl (C=O) groups excluding carboxylic acids is 1. The number of carbonyl (C=O) groups is 1. The van der Waals surface area contributed by atoms with Gasteiger partial charge >= 0.3 is 0 Å². The number of primary sulfonamides is 1. The lowest BCUT2D eigenvalue weighted by Gasteiger charge is -2.13. The second kappa shape index (κ2) is 9.97. The molecule has 1 amide bonds. The number of thioether (sulfide) groups is 1. The summed E-state index contributed by atoms with van der Waals surface area (Å²) >= 11 is 1.07. The van der Waals surface area contributed by atoms with Gasteiger partial charge in [-0.1, -0.05) is 11.8 Å². The van der Waals surface area contributed by atoms with Gasteiger partial charge < -0.3 is 25.4 Å². The molecule has 176 valence electrons. The number of nitrogen functional groups attached to an aromatic ring is 1. The third-order valence-electron chi connectivity index (χ3n) is 4.39. The molecule has 33 heavy (non-hydrogen) atoms. The quantitative estimate of drug-likeness (QED) is 0.288. The highest BCUT2D eigenvalue weighted by atomic mass is 32.2. The van der Waals surface area contributed by atoms with Crippen LogP contribution in [-0.2, 0) is 14.8 Å². The lowest BCUT2D eigenvalue weighted by Crippen LogP contribution is -2.17. The SMILES string of the molecule is COc1cc(-c2nnc(SCC(=O)Nc3ccc(S(N)(=O)=O)cc3)n2N)cc(OC)c1OC. The predicted molar refractivity (Wildman–Crippen MR) is 122 cm³/mol. The molecule has 0 saturated heterocycles. The molecule has 1 aromatic heterocycles. The molecule has 0 unspecified atom stereocenters. The third-order valence-corrected chi connectivity index (χ3v) is 6.26. The lowest BCUT2D eigenvalue weighted by atomic mass is 10.1. The number of benzene rings is 2. The smallest absolute Gasteiger partial charge is 0.238 e. The van der Waals surface area contributed by atoms with E-state index in [1.807, 2.05) is 0 Å². The van der Waals surface area contributed by atoms with Crippen LogP contribution in [0.2, 0.25) is 0 Å². The fraction of sp³-hybridized carbons (Fsp3) is 0.211. The standard InChI is InChI=1S/C19H22N6O6S2/c1-29-14-8-11(9-15(30-2)17(14)31-3)18-23-24-19(25(18)20)32-10-16(26)22-12-4-6-13(7-5-12)33(21,27)28/h4-9H,10,20H2,1-3H3,(H,22,26)(H2,21,27,28). The number of hydrogen-bond acceptors (Lipinski definition) is 10. The van der Waals surface area contributed by atoms with Crippen LogP contribution in [0.5, 0.6) is 17.2 Å². The van der Waals surface area contributed by atoms with Gasteiger partial charge in [0.25, 0.3) is 0 Å². The van der Waals surface area contributed by atoms with Gasteiger partial charge in [-0.25, -0.2) is 18.2 Å². The predicted octanol–water partition coefficient (Wildman–Crippen LogP) is 1.06. The summed E-state index contributed by atoms with van der Waals surface area (Å²) in [6.45, 7) is 0. The second-order valence-corrected chi connectivity index (χ2v) is 9.00. The first-order valence-corrected chi connectivity index (χ1v) is 11.8. The third kappa shape index (κ3) is 5.47. The van der Waals surface area contributed by atoms with Crippen LogP contribution in [-0.4, -0.2) is 56.3 Å². The normalized spacial score (nSPS) is 11.2. The van der Waals surface area contributed by atoms with Gasteiger partial charge in [-0.2, -0.15) is 0 Å². The van der Waals surface area contributed by atoms with Crippen molar-refractivity contribution in [3.8, 4) is 28.6 Å². The van der Waals surface area contributed by atoms with Crippen LogP contribution in [0.1, 0.15) is 0 Å². The zero-order valence-electron chi connectivity index (χ0n) is 17.9. The summed E-state index contributed by atoms with van der Waals surface area (Å²) in [4.78, 5) is 12.2. The van der Waals surface area contributed by atoms with E-state index in [2.05, 4.69) is 15.5 Å². The maximum absolute atomic E-state index is 12.3. The highest BCUT2D eigenvalue weighted by Gasteiger charge is 2.19. The Kier molecular flexibility index (Phi) is 7.30. The van der Waals surface area contributed by atoms with Crippen molar-refractivity contribution in [1.82, 2.24) is 14.9 Å². The van der Waals surface area contributed by atoms with E-state index in [0.717, 1.165) is 11.8 Å². The van der Waals surface area contributed by atoms with E-state index in [0.29, 0.717) is 39.5 Å². The fourth-order valence-corrected chi connectivity index (χ4v) is 4.01. The van der Waals surface area contributed by atoms with E-state index < -0.39 is 10.0 Å². The Labute approximate surface area is 194 Å². The number of hydrogen-bond donors (Lipinski definition) is 3. The van der Waals surface area contributed by atoms with Crippen molar-refractivity contribution in [2.75, 3.05) is 38.2 Å². The number of sulfonamides is 1. The van der Waals surface area contributed by atoms with Crippen molar-refractivity contribution in [2.45, 2.75) is 10.1 Å². The number of anilines is 1. The number of aromatic nitrogens is 3. The summed E-state index contributed by atoms with van der Waals surface area (Å²) in [6.07, 6.45) is 0. The number of rotatable bonds is 9. The van der Waals surface area contributed by atoms with Crippen molar-refractivity contribution in [3.05, 3.63) is 36.4 Å². The molecule has 2 aromatic carbocycles. The van der Waals surface area contributed by atoms with Crippen LogP contribution in [0.25, 0.3) is 11.4 Å². The van der Waals surface area contributed by atoms with Gasteiger partial charge in [0.2, 0.25) is 26.8 Å². The van der Waals surface area contributed by atoms with Gasteiger partial charge in [0.1, 0.15) is 0 Å². The fourth-order valence-electron chi connectivity index (χ4n) is 2.84. The second-order valence-electron chi connectivity index (χ2n) is 6.50. The molecule has 5 N–H and O–H groups in total. The molecule has 1 heterocycles. The first-order chi connectivity index (χ1) is 15.7. The molecule has 0 saturated carbocycles.